The van der Waals surface area contributed by atoms with Crippen molar-refractivity contribution in [3.63, 3.8) is 0 Å². The summed E-state index contributed by atoms with van der Waals surface area (Å²) in [6.07, 6.45) is -4.92. The Balaban J connectivity index is 1.97. The van der Waals surface area contributed by atoms with Crippen molar-refractivity contribution in [3.05, 3.63) is 29.8 Å². The molecule has 3 amide bonds. The molecule has 6 nitrogen and oxygen atoms in total. The lowest BCUT2D eigenvalue weighted by Crippen LogP contribution is -2.36. The van der Waals surface area contributed by atoms with Gasteiger partial charge >= 0.3 is 12.1 Å². The molecule has 1 aliphatic heterocycles. The summed E-state index contributed by atoms with van der Waals surface area (Å²) >= 11 is 0. The Morgan fingerprint density at radius 2 is 2.04 bits per heavy atom. The van der Waals surface area contributed by atoms with E-state index in [0.29, 0.717) is 5.56 Å². The smallest absolute Gasteiger partial charge is 0.318 e. The fourth-order valence-corrected chi connectivity index (χ4v) is 2.12. The molecule has 1 heterocycles. The summed E-state index contributed by atoms with van der Waals surface area (Å²) in [6, 6.07) is 5.14. The van der Waals surface area contributed by atoms with Crippen LogP contribution in [0.15, 0.2) is 24.3 Å². The molecule has 124 valence electrons. The zero-order chi connectivity index (χ0) is 17.2. The van der Waals surface area contributed by atoms with E-state index < -0.39 is 18.1 Å². The van der Waals surface area contributed by atoms with Gasteiger partial charge in [0.05, 0.1) is 12.5 Å². The molecular weight excluding hydrogens is 315 g/mol. The van der Waals surface area contributed by atoms with E-state index >= 15 is 0 Å². The maximum atomic E-state index is 12.2. The lowest BCUT2D eigenvalue weighted by atomic mass is 10.1. The largest absolute Gasteiger partial charge is 0.471 e. The molecule has 0 radical (unpaired) electrons. The summed E-state index contributed by atoms with van der Waals surface area (Å²) in [5.74, 6) is -2.70. The van der Waals surface area contributed by atoms with Gasteiger partial charge in [-0.3, -0.25) is 19.3 Å². The lowest BCUT2D eigenvalue weighted by molar-refractivity contribution is -0.167. The van der Waals surface area contributed by atoms with Gasteiger partial charge in [-0.25, -0.2) is 0 Å². The van der Waals surface area contributed by atoms with Crippen LogP contribution < -0.4 is 10.6 Å². The highest BCUT2D eigenvalue weighted by atomic mass is 19.4. The fourth-order valence-electron chi connectivity index (χ4n) is 2.12. The number of nitrogens with one attached hydrogen (secondary N) is 2. The Hall–Kier alpha value is -2.42. The predicted octanol–water partition coefficient (Wildman–Crippen LogP) is 1.03. The number of rotatable bonds is 4. The molecule has 9 heteroatoms. The van der Waals surface area contributed by atoms with E-state index in [-0.39, 0.29) is 30.5 Å². The number of imide groups is 1. The first kappa shape index (κ1) is 16.9. The van der Waals surface area contributed by atoms with Crippen LogP contribution in [0.3, 0.4) is 0 Å². The third-order valence-corrected chi connectivity index (χ3v) is 3.38. The summed E-state index contributed by atoms with van der Waals surface area (Å²) in [4.78, 5) is 35.0. The van der Waals surface area contributed by atoms with Crippen LogP contribution in [0.5, 0.6) is 0 Å². The summed E-state index contributed by atoms with van der Waals surface area (Å²) in [5, 5.41) is 4.62. The maximum absolute atomic E-state index is 12.2. The second-order valence-electron chi connectivity index (χ2n) is 5.08. The molecule has 0 aliphatic carbocycles. The molecule has 1 atom stereocenters. The molecule has 0 aromatic heterocycles. The molecule has 1 fully saturated rings. The van der Waals surface area contributed by atoms with Crippen LogP contribution in [-0.2, 0) is 20.9 Å². The predicted molar refractivity (Wildman–Crippen MR) is 74.1 cm³/mol. The monoisotopic (exact) mass is 329 g/mol. The van der Waals surface area contributed by atoms with E-state index in [1.165, 1.54) is 25.2 Å². The van der Waals surface area contributed by atoms with Crippen LogP contribution in [0.1, 0.15) is 12.0 Å². The van der Waals surface area contributed by atoms with Crippen molar-refractivity contribution in [2.75, 3.05) is 12.4 Å². The minimum Gasteiger partial charge on any atom is -0.318 e. The maximum Gasteiger partial charge on any atom is 0.471 e. The number of carbonyl (C=O) groups is 3. The number of likely N-dealkylation sites (tertiary alicyclic amines) is 1. The molecule has 23 heavy (non-hydrogen) atoms. The van der Waals surface area contributed by atoms with E-state index in [1.807, 2.05) is 0 Å². The minimum atomic E-state index is -4.96. The first-order valence-electron chi connectivity index (χ1n) is 6.69. The number of carbonyl (C=O) groups excluding carboxylic acids is 3. The van der Waals surface area contributed by atoms with Crippen molar-refractivity contribution < 1.29 is 27.6 Å². The van der Waals surface area contributed by atoms with Gasteiger partial charge in [0.15, 0.2) is 0 Å². The molecule has 2 rings (SSSR count). The molecule has 1 aromatic carbocycles. The van der Waals surface area contributed by atoms with E-state index in [2.05, 4.69) is 5.32 Å². The Morgan fingerprint density at radius 1 is 1.35 bits per heavy atom. The topological polar surface area (TPSA) is 78.5 Å². The van der Waals surface area contributed by atoms with E-state index in [4.69, 9.17) is 0 Å². The normalized spacial score (nSPS) is 18.4. The van der Waals surface area contributed by atoms with Gasteiger partial charge in [-0.1, -0.05) is 12.1 Å². The van der Waals surface area contributed by atoms with Gasteiger partial charge in [0.2, 0.25) is 11.8 Å². The molecule has 0 spiro atoms. The number of anilines is 1. The second kappa shape index (κ2) is 6.37. The number of alkyl halides is 3. The van der Waals surface area contributed by atoms with Crippen molar-refractivity contribution in [1.82, 2.24) is 10.2 Å². The summed E-state index contributed by atoms with van der Waals surface area (Å²) < 4.78 is 36.6. The SMILES string of the molecule is CN1C(=O)CC(NCc2cccc(NC(=O)C(F)(F)F)c2)C1=O. The molecule has 0 bridgehead atoms. The molecule has 0 saturated carbocycles. The Labute approximate surface area is 129 Å². The van der Waals surface area contributed by atoms with Gasteiger partial charge in [0.25, 0.3) is 0 Å². The van der Waals surface area contributed by atoms with Crippen LogP contribution in [0.4, 0.5) is 18.9 Å². The van der Waals surface area contributed by atoms with Crippen molar-refractivity contribution in [2.45, 2.75) is 25.2 Å². The third-order valence-electron chi connectivity index (χ3n) is 3.38. The highest BCUT2D eigenvalue weighted by Gasteiger charge is 2.38. The Morgan fingerprint density at radius 3 is 2.61 bits per heavy atom. The van der Waals surface area contributed by atoms with Gasteiger partial charge in [-0.05, 0) is 17.7 Å². The van der Waals surface area contributed by atoms with Crippen LogP contribution in [0, 0.1) is 0 Å². The average molecular weight is 329 g/mol. The summed E-state index contributed by atoms with van der Waals surface area (Å²) in [6.45, 7) is 0.174. The zero-order valence-electron chi connectivity index (χ0n) is 12.1. The number of amides is 3. The summed E-state index contributed by atoms with van der Waals surface area (Å²) in [7, 11) is 1.39. The number of halogens is 3. The molecule has 2 N–H and O–H groups in total. The van der Waals surface area contributed by atoms with Gasteiger partial charge < -0.3 is 10.6 Å². The third kappa shape index (κ3) is 4.07. The number of likely N-dealkylation sites (N-methyl/N-ethyl adjacent to an activating group) is 1. The number of benzene rings is 1. The first-order chi connectivity index (χ1) is 10.7. The standard InChI is InChI=1S/C14H14F3N3O3/c1-20-11(21)6-10(12(20)22)18-7-8-3-2-4-9(5-8)19-13(23)14(15,16)17/h2-5,10,18H,6-7H2,1H3,(H,19,23). The highest BCUT2D eigenvalue weighted by Crippen LogP contribution is 2.19. The van der Waals surface area contributed by atoms with Crippen LogP contribution >= 0.6 is 0 Å². The quantitative estimate of drug-likeness (QED) is 0.809. The lowest BCUT2D eigenvalue weighted by Gasteiger charge is -2.12. The van der Waals surface area contributed by atoms with Crippen molar-refractivity contribution >= 4 is 23.4 Å². The fraction of sp³-hybridized carbons (Fsp3) is 0.357. The Kier molecular flexibility index (Phi) is 4.69. The van der Waals surface area contributed by atoms with Gasteiger partial charge in [-0.15, -0.1) is 0 Å². The van der Waals surface area contributed by atoms with Crippen molar-refractivity contribution in [2.24, 2.45) is 0 Å². The van der Waals surface area contributed by atoms with Gasteiger partial charge in [0.1, 0.15) is 0 Å². The van der Waals surface area contributed by atoms with E-state index in [9.17, 15) is 27.6 Å². The van der Waals surface area contributed by atoms with Gasteiger partial charge in [-0.2, -0.15) is 13.2 Å². The molecular formula is C14H14F3N3O3. The molecule has 1 aliphatic rings. The number of hydrogen-bond acceptors (Lipinski definition) is 4. The minimum absolute atomic E-state index is 0.00225. The van der Waals surface area contributed by atoms with Crippen LogP contribution in [0.2, 0.25) is 0 Å². The Bertz CT molecular complexity index is 646. The molecule has 1 aromatic rings. The molecule has 1 unspecified atom stereocenters. The van der Waals surface area contributed by atoms with Crippen molar-refractivity contribution in [1.29, 1.82) is 0 Å². The van der Waals surface area contributed by atoms with Gasteiger partial charge in [0, 0.05) is 19.3 Å². The number of hydrogen-bond donors (Lipinski definition) is 2. The van der Waals surface area contributed by atoms with Crippen LogP contribution in [0.25, 0.3) is 0 Å². The summed E-state index contributed by atoms with van der Waals surface area (Å²) in [5.41, 5.74) is 0.567. The number of nitrogens with zero attached hydrogens (tertiary/aromatic N) is 1. The molecule has 1 saturated heterocycles. The van der Waals surface area contributed by atoms with Crippen LogP contribution in [-0.4, -0.2) is 41.9 Å². The van der Waals surface area contributed by atoms with Crippen molar-refractivity contribution in [3.8, 4) is 0 Å². The first-order valence-corrected chi connectivity index (χ1v) is 6.69. The zero-order valence-corrected chi connectivity index (χ0v) is 12.1. The highest BCUT2D eigenvalue weighted by molar-refractivity contribution is 6.05. The van der Waals surface area contributed by atoms with E-state index in [0.717, 1.165) is 4.90 Å². The second-order valence-corrected chi connectivity index (χ2v) is 5.08. The average Bonchev–Trinajstić information content (AvgIpc) is 2.72. The van der Waals surface area contributed by atoms with E-state index in [1.54, 1.807) is 11.4 Å².